The Labute approximate surface area is 155 Å². The van der Waals surface area contributed by atoms with Gasteiger partial charge in [0.15, 0.2) is 5.82 Å². The van der Waals surface area contributed by atoms with Crippen LogP contribution in [0.5, 0.6) is 0 Å². The van der Waals surface area contributed by atoms with Crippen LogP contribution in [0.25, 0.3) is 22.3 Å². The van der Waals surface area contributed by atoms with Gasteiger partial charge in [-0.15, -0.1) is 0 Å². The minimum absolute atomic E-state index is 0.302. The van der Waals surface area contributed by atoms with Crippen LogP contribution in [-0.4, -0.2) is 63.5 Å². The smallest absolute Gasteiger partial charge is 0.409 e. The van der Waals surface area contributed by atoms with Gasteiger partial charge in [0.05, 0.1) is 29.6 Å². The lowest BCUT2D eigenvalue weighted by molar-refractivity contribution is 0.105. The van der Waals surface area contributed by atoms with Crippen LogP contribution in [-0.2, 0) is 11.8 Å². The van der Waals surface area contributed by atoms with Crippen LogP contribution in [0.1, 0.15) is 6.92 Å². The first-order chi connectivity index (χ1) is 13.1. The van der Waals surface area contributed by atoms with E-state index in [0.29, 0.717) is 55.1 Å². The maximum absolute atomic E-state index is 15.2. The number of amides is 1. The second-order valence-electron chi connectivity index (χ2n) is 6.44. The number of aromatic nitrogens is 4. The van der Waals surface area contributed by atoms with Crippen molar-refractivity contribution in [3.05, 3.63) is 30.5 Å². The van der Waals surface area contributed by atoms with E-state index in [9.17, 15) is 4.79 Å². The van der Waals surface area contributed by atoms with Crippen molar-refractivity contribution >= 4 is 22.8 Å². The van der Waals surface area contributed by atoms with E-state index in [0.717, 1.165) is 5.69 Å². The second-order valence-corrected chi connectivity index (χ2v) is 6.44. The van der Waals surface area contributed by atoms with Crippen LogP contribution in [0, 0.1) is 5.82 Å². The minimum atomic E-state index is -0.339. The third kappa shape index (κ3) is 3.09. The number of fused-ring (bicyclic) bond motifs is 1. The van der Waals surface area contributed by atoms with Crippen molar-refractivity contribution in [1.82, 2.24) is 24.6 Å². The Morgan fingerprint density at radius 1 is 1.33 bits per heavy atom. The van der Waals surface area contributed by atoms with Crippen LogP contribution in [0.3, 0.4) is 0 Å². The summed E-state index contributed by atoms with van der Waals surface area (Å²) in [5.41, 5.74) is 2.32. The molecule has 142 valence electrons. The zero-order chi connectivity index (χ0) is 19.0. The number of hydrogen-bond donors (Lipinski definition) is 1. The number of nitrogens with one attached hydrogen (secondary N) is 1. The standard InChI is InChI=1S/C18H21FN6O2/c1-3-27-18(26)25-8-6-24(7-9-25)13-4-5-20-17-14(13)15(19)16(22-17)12-10-21-23(2)11-12/h4-5,10-11H,3,6-9H2,1-2H3,(H,20,22). The number of carbonyl (C=O) groups is 1. The Kier molecular flexibility index (Phi) is 4.43. The van der Waals surface area contributed by atoms with E-state index in [-0.39, 0.29) is 11.9 Å². The summed E-state index contributed by atoms with van der Waals surface area (Å²) in [4.78, 5) is 23.0. The van der Waals surface area contributed by atoms with Gasteiger partial charge in [-0.2, -0.15) is 5.10 Å². The summed E-state index contributed by atoms with van der Waals surface area (Å²) >= 11 is 0. The molecule has 8 nitrogen and oxygen atoms in total. The molecule has 1 fully saturated rings. The molecule has 1 aliphatic heterocycles. The third-order valence-electron chi connectivity index (χ3n) is 4.75. The van der Waals surface area contributed by atoms with E-state index < -0.39 is 0 Å². The number of aryl methyl sites for hydroxylation is 1. The van der Waals surface area contributed by atoms with Gasteiger partial charge in [0, 0.05) is 51.2 Å². The first-order valence-electron chi connectivity index (χ1n) is 8.90. The number of carbonyl (C=O) groups excluding carboxylic acids is 1. The number of aromatic amines is 1. The molecule has 0 spiro atoms. The molecule has 4 heterocycles. The highest BCUT2D eigenvalue weighted by Crippen LogP contribution is 2.34. The number of ether oxygens (including phenoxy) is 1. The van der Waals surface area contributed by atoms with Gasteiger partial charge in [-0.05, 0) is 13.0 Å². The Morgan fingerprint density at radius 3 is 2.78 bits per heavy atom. The number of nitrogens with zero attached hydrogens (tertiary/aromatic N) is 5. The summed E-state index contributed by atoms with van der Waals surface area (Å²) in [5, 5.41) is 4.57. The molecule has 1 amide bonds. The van der Waals surface area contributed by atoms with Crippen molar-refractivity contribution in [2.75, 3.05) is 37.7 Å². The van der Waals surface area contributed by atoms with E-state index in [4.69, 9.17) is 4.74 Å². The molecular formula is C18H21FN6O2. The first-order valence-corrected chi connectivity index (χ1v) is 8.90. The van der Waals surface area contributed by atoms with Gasteiger partial charge < -0.3 is 19.5 Å². The van der Waals surface area contributed by atoms with Crippen molar-refractivity contribution in [1.29, 1.82) is 0 Å². The normalized spacial score (nSPS) is 14.8. The van der Waals surface area contributed by atoms with Crippen molar-refractivity contribution in [2.45, 2.75) is 6.92 Å². The van der Waals surface area contributed by atoms with E-state index >= 15 is 4.39 Å². The highest BCUT2D eigenvalue weighted by Gasteiger charge is 2.25. The van der Waals surface area contributed by atoms with Gasteiger partial charge >= 0.3 is 6.09 Å². The molecule has 3 aromatic heterocycles. The Hall–Kier alpha value is -3.10. The molecule has 9 heteroatoms. The Bertz CT molecular complexity index is 974. The number of hydrogen-bond acceptors (Lipinski definition) is 5. The highest BCUT2D eigenvalue weighted by atomic mass is 19.1. The predicted molar refractivity (Wildman–Crippen MR) is 99.1 cm³/mol. The molecule has 3 aromatic rings. The quantitative estimate of drug-likeness (QED) is 0.764. The molecule has 4 rings (SSSR count). The van der Waals surface area contributed by atoms with Crippen molar-refractivity contribution < 1.29 is 13.9 Å². The van der Waals surface area contributed by atoms with Gasteiger partial charge in [-0.1, -0.05) is 0 Å². The molecule has 1 N–H and O–H groups in total. The average molecular weight is 372 g/mol. The fourth-order valence-corrected chi connectivity index (χ4v) is 3.42. The minimum Gasteiger partial charge on any atom is -0.450 e. The van der Waals surface area contributed by atoms with Gasteiger partial charge in [0.25, 0.3) is 0 Å². The van der Waals surface area contributed by atoms with E-state index in [1.165, 1.54) is 0 Å². The maximum Gasteiger partial charge on any atom is 0.409 e. The summed E-state index contributed by atoms with van der Waals surface area (Å²) in [6, 6.07) is 1.81. The monoisotopic (exact) mass is 372 g/mol. The second kappa shape index (κ2) is 6.90. The molecule has 0 bridgehead atoms. The summed E-state index contributed by atoms with van der Waals surface area (Å²) in [6.45, 7) is 4.41. The van der Waals surface area contributed by atoms with Gasteiger partial charge in [0.1, 0.15) is 5.65 Å². The summed E-state index contributed by atoms with van der Waals surface area (Å²) in [5.74, 6) is -0.339. The van der Waals surface area contributed by atoms with Crippen molar-refractivity contribution in [2.24, 2.45) is 7.05 Å². The Morgan fingerprint density at radius 2 is 2.11 bits per heavy atom. The molecule has 27 heavy (non-hydrogen) atoms. The van der Waals surface area contributed by atoms with Gasteiger partial charge in [-0.3, -0.25) is 4.68 Å². The molecule has 0 aliphatic carbocycles. The summed E-state index contributed by atoms with van der Waals surface area (Å²) < 4.78 is 21.9. The van der Waals surface area contributed by atoms with Crippen LogP contribution < -0.4 is 4.90 Å². The summed E-state index contributed by atoms with van der Waals surface area (Å²) in [6.07, 6.45) is 4.74. The Balaban J connectivity index is 1.63. The molecule has 0 unspecified atom stereocenters. The number of piperazine rings is 1. The number of halogens is 1. The average Bonchev–Trinajstić information content (AvgIpc) is 3.25. The largest absolute Gasteiger partial charge is 0.450 e. The number of H-pyrrole nitrogens is 1. The van der Waals surface area contributed by atoms with E-state index in [1.54, 1.807) is 42.1 Å². The molecular weight excluding hydrogens is 351 g/mol. The maximum atomic E-state index is 15.2. The van der Waals surface area contributed by atoms with Crippen LogP contribution in [0.2, 0.25) is 0 Å². The predicted octanol–water partition coefficient (Wildman–Crippen LogP) is 2.38. The zero-order valence-electron chi connectivity index (χ0n) is 15.3. The summed E-state index contributed by atoms with van der Waals surface area (Å²) in [7, 11) is 1.79. The first kappa shape index (κ1) is 17.3. The lowest BCUT2D eigenvalue weighted by Gasteiger charge is -2.35. The van der Waals surface area contributed by atoms with Crippen molar-refractivity contribution in [3.8, 4) is 11.3 Å². The topological polar surface area (TPSA) is 79.3 Å². The van der Waals surface area contributed by atoms with E-state index in [2.05, 4.69) is 20.0 Å². The zero-order valence-corrected chi connectivity index (χ0v) is 15.3. The van der Waals surface area contributed by atoms with Gasteiger partial charge in [0.2, 0.25) is 0 Å². The molecule has 0 aromatic carbocycles. The van der Waals surface area contributed by atoms with Crippen LogP contribution in [0.15, 0.2) is 24.7 Å². The van der Waals surface area contributed by atoms with Crippen LogP contribution in [0.4, 0.5) is 14.9 Å². The SMILES string of the molecule is CCOC(=O)N1CCN(c2ccnc3[nH]c(-c4cnn(C)c4)c(F)c23)CC1. The molecule has 1 aliphatic rings. The lowest BCUT2D eigenvalue weighted by atomic mass is 10.2. The molecule has 1 saturated heterocycles. The molecule has 0 atom stereocenters. The van der Waals surface area contributed by atoms with E-state index in [1.807, 2.05) is 6.07 Å². The van der Waals surface area contributed by atoms with Crippen LogP contribution >= 0.6 is 0 Å². The van der Waals surface area contributed by atoms with Gasteiger partial charge in [-0.25, -0.2) is 14.2 Å². The number of anilines is 1. The highest BCUT2D eigenvalue weighted by molar-refractivity contribution is 5.94. The lowest BCUT2D eigenvalue weighted by Crippen LogP contribution is -2.49. The molecule has 0 radical (unpaired) electrons. The fraction of sp³-hybridized carbons (Fsp3) is 0.389. The molecule has 0 saturated carbocycles. The fourth-order valence-electron chi connectivity index (χ4n) is 3.42. The third-order valence-corrected chi connectivity index (χ3v) is 4.75. The van der Waals surface area contributed by atoms with Crippen molar-refractivity contribution in [3.63, 3.8) is 0 Å². The number of pyridine rings is 1. The number of rotatable bonds is 3.